The number of urea groups is 1. The van der Waals surface area contributed by atoms with Crippen LogP contribution >= 0.6 is 23.2 Å². The predicted octanol–water partition coefficient (Wildman–Crippen LogP) is 2.15. The van der Waals surface area contributed by atoms with Gasteiger partial charge in [-0.05, 0) is 31.0 Å². The molecule has 0 saturated carbocycles. The highest BCUT2D eigenvalue weighted by atomic mass is 35.5. The molecule has 0 radical (unpaired) electrons. The molecule has 1 aliphatic rings. The van der Waals surface area contributed by atoms with Crippen molar-refractivity contribution in [3.8, 4) is 0 Å². The number of primary amides is 1. The Morgan fingerprint density at radius 1 is 1.33 bits per heavy atom. The molecule has 0 bridgehead atoms. The SMILES string of the molecule is NC(=O)[C@H]1CC[C@@H](CNC(=O)Nc2cc(Cl)ccc2Cl)O1. The number of amides is 3. The zero-order chi connectivity index (χ0) is 15.4. The summed E-state index contributed by atoms with van der Waals surface area (Å²) in [5, 5.41) is 6.11. The molecule has 1 aromatic rings. The van der Waals surface area contributed by atoms with Crippen molar-refractivity contribution in [1.82, 2.24) is 5.32 Å². The topological polar surface area (TPSA) is 93.5 Å². The molecule has 1 saturated heterocycles. The molecule has 8 heteroatoms. The Morgan fingerprint density at radius 3 is 2.76 bits per heavy atom. The third-order valence-electron chi connectivity index (χ3n) is 3.09. The highest BCUT2D eigenvalue weighted by molar-refractivity contribution is 6.35. The number of carbonyl (C=O) groups excluding carboxylic acids is 2. The normalized spacial score (nSPS) is 21.0. The van der Waals surface area contributed by atoms with Crippen LogP contribution in [0.2, 0.25) is 10.0 Å². The Balaban J connectivity index is 1.80. The molecule has 114 valence electrons. The average molecular weight is 332 g/mol. The molecule has 0 aliphatic carbocycles. The molecular weight excluding hydrogens is 317 g/mol. The van der Waals surface area contributed by atoms with E-state index in [-0.39, 0.29) is 12.6 Å². The molecule has 1 fully saturated rings. The highest BCUT2D eigenvalue weighted by Gasteiger charge is 2.29. The van der Waals surface area contributed by atoms with Gasteiger partial charge in [-0.1, -0.05) is 23.2 Å². The smallest absolute Gasteiger partial charge is 0.319 e. The maximum atomic E-state index is 11.8. The first-order chi connectivity index (χ1) is 9.95. The quantitative estimate of drug-likeness (QED) is 0.789. The van der Waals surface area contributed by atoms with Crippen LogP contribution in [-0.4, -0.2) is 30.7 Å². The Morgan fingerprint density at radius 2 is 2.10 bits per heavy atom. The van der Waals surface area contributed by atoms with Crippen LogP contribution in [-0.2, 0) is 9.53 Å². The van der Waals surface area contributed by atoms with Crippen LogP contribution in [0.3, 0.4) is 0 Å². The number of halogens is 2. The number of carbonyl (C=O) groups is 2. The number of rotatable bonds is 4. The number of nitrogens with two attached hydrogens (primary N) is 1. The average Bonchev–Trinajstić information content (AvgIpc) is 2.90. The molecule has 0 spiro atoms. The first-order valence-corrected chi connectivity index (χ1v) is 7.16. The van der Waals surface area contributed by atoms with Crippen molar-refractivity contribution in [3.63, 3.8) is 0 Å². The summed E-state index contributed by atoms with van der Waals surface area (Å²) in [4.78, 5) is 22.7. The summed E-state index contributed by atoms with van der Waals surface area (Å²) in [6.45, 7) is 0.286. The van der Waals surface area contributed by atoms with E-state index >= 15 is 0 Å². The van der Waals surface area contributed by atoms with Crippen molar-refractivity contribution in [3.05, 3.63) is 28.2 Å². The van der Waals surface area contributed by atoms with E-state index in [1.807, 2.05) is 0 Å². The molecule has 1 heterocycles. The van der Waals surface area contributed by atoms with Gasteiger partial charge < -0.3 is 21.1 Å². The monoisotopic (exact) mass is 331 g/mol. The first-order valence-electron chi connectivity index (χ1n) is 6.40. The largest absolute Gasteiger partial charge is 0.367 e. The summed E-state index contributed by atoms with van der Waals surface area (Å²) >= 11 is 11.8. The minimum Gasteiger partial charge on any atom is -0.367 e. The van der Waals surface area contributed by atoms with E-state index in [0.717, 1.165) is 0 Å². The van der Waals surface area contributed by atoms with Gasteiger partial charge in [-0.25, -0.2) is 4.79 Å². The fourth-order valence-electron chi connectivity index (χ4n) is 2.03. The molecule has 2 rings (SSSR count). The van der Waals surface area contributed by atoms with Crippen LogP contribution in [0.5, 0.6) is 0 Å². The first kappa shape index (κ1) is 15.9. The van der Waals surface area contributed by atoms with E-state index in [0.29, 0.717) is 28.6 Å². The van der Waals surface area contributed by atoms with Gasteiger partial charge >= 0.3 is 6.03 Å². The lowest BCUT2D eigenvalue weighted by molar-refractivity contribution is -0.128. The molecular formula is C13H15Cl2N3O3. The fraction of sp³-hybridized carbons (Fsp3) is 0.385. The molecule has 3 amide bonds. The van der Waals surface area contributed by atoms with E-state index in [1.165, 1.54) is 0 Å². The number of hydrogen-bond acceptors (Lipinski definition) is 3. The van der Waals surface area contributed by atoms with E-state index in [4.69, 9.17) is 33.7 Å². The molecule has 0 unspecified atom stereocenters. The zero-order valence-electron chi connectivity index (χ0n) is 11.1. The van der Waals surface area contributed by atoms with Crippen LogP contribution in [0, 0.1) is 0 Å². The number of nitrogens with one attached hydrogen (secondary N) is 2. The van der Waals surface area contributed by atoms with E-state index in [2.05, 4.69) is 10.6 Å². The summed E-state index contributed by atoms with van der Waals surface area (Å²) in [6.07, 6.45) is 0.459. The molecule has 1 aromatic carbocycles. The molecule has 1 aliphatic heterocycles. The van der Waals surface area contributed by atoms with Gasteiger partial charge in [0.15, 0.2) is 0 Å². The standard InChI is InChI=1S/C13H15Cl2N3O3/c14-7-1-3-9(15)10(5-7)18-13(20)17-6-8-2-4-11(21-8)12(16)19/h1,3,5,8,11H,2,4,6H2,(H2,16,19)(H2,17,18,20)/t8-,11+/m0/s1. The van der Waals surface area contributed by atoms with Gasteiger partial charge in [0.05, 0.1) is 16.8 Å². The number of anilines is 1. The summed E-state index contributed by atoms with van der Waals surface area (Å²) in [5.74, 6) is -0.479. The van der Waals surface area contributed by atoms with Gasteiger partial charge in [-0.15, -0.1) is 0 Å². The zero-order valence-corrected chi connectivity index (χ0v) is 12.6. The van der Waals surface area contributed by atoms with Crippen molar-refractivity contribution in [2.45, 2.75) is 25.0 Å². The minimum atomic E-state index is -0.567. The fourth-order valence-corrected chi connectivity index (χ4v) is 2.37. The lowest BCUT2D eigenvalue weighted by Crippen LogP contribution is -2.36. The molecule has 2 atom stereocenters. The Labute approximate surface area is 131 Å². The summed E-state index contributed by atoms with van der Waals surface area (Å²) in [7, 11) is 0. The van der Waals surface area contributed by atoms with Crippen LogP contribution in [0.4, 0.5) is 10.5 Å². The van der Waals surface area contributed by atoms with Crippen LogP contribution in [0.25, 0.3) is 0 Å². The van der Waals surface area contributed by atoms with Gasteiger partial charge in [0.25, 0.3) is 0 Å². The Kier molecular flexibility index (Phi) is 5.27. The van der Waals surface area contributed by atoms with Crippen molar-refractivity contribution in [2.75, 3.05) is 11.9 Å². The molecule has 6 nitrogen and oxygen atoms in total. The van der Waals surface area contributed by atoms with Crippen molar-refractivity contribution < 1.29 is 14.3 Å². The predicted molar refractivity (Wildman–Crippen MR) is 80.6 cm³/mol. The third-order valence-corrected chi connectivity index (χ3v) is 3.66. The van der Waals surface area contributed by atoms with Crippen molar-refractivity contribution >= 4 is 40.8 Å². The van der Waals surface area contributed by atoms with Crippen LogP contribution < -0.4 is 16.4 Å². The maximum Gasteiger partial charge on any atom is 0.319 e. The lowest BCUT2D eigenvalue weighted by atomic mass is 10.2. The second kappa shape index (κ2) is 6.98. The summed E-state index contributed by atoms with van der Waals surface area (Å²) in [6, 6.07) is 4.35. The van der Waals surface area contributed by atoms with Gasteiger partial charge in [-0.2, -0.15) is 0 Å². The molecule has 4 N–H and O–H groups in total. The highest BCUT2D eigenvalue weighted by Crippen LogP contribution is 2.25. The Hall–Kier alpha value is -1.50. The van der Waals surface area contributed by atoms with E-state index in [1.54, 1.807) is 18.2 Å². The second-order valence-corrected chi connectivity index (χ2v) is 5.53. The third kappa shape index (κ3) is 4.49. The minimum absolute atomic E-state index is 0.219. The van der Waals surface area contributed by atoms with Gasteiger partial charge in [0.2, 0.25) is 5.91 Å². The van der Waals surface area contributed by atoms with Crippen molar-refractivity contribution in [1.29, 1.82) is 0 Å². The van der Waals surface area contributed by atoms with Gasteiger partial charge in [0, 0.05) is 11.6 Å². The van der Waals surface area contributed by atoms with Crippen LogP contribution in [0.15, 0.2) is 18.2 Å². The molecule has 21 heavy (non-hydrogen) atoms. The van der Waals surface area contributed by atoms with Crippen molar-refractivity contribution in [2.24, 2.45) is 5.73 Å². The number of ether oxygens (including phenoxy) is 1. The Bertz CT molecular complexity index is 553. The lowest BCUT2D eigenvalue weighted by Gasteiger charge is -2.13. The maximum absolute atomic E-state index is 11.8. The number of hydrogen-bond donors (Lipinski definition) is 3. The second-order valence-electron chi connectivity index (χ2n) is 4.69. The van der Waals surface area contributed by atoms with Gasteiger partial charge in [-0.3, -0.25) is 4.79 Å². The summed E-state index contributed by atoms with van der Waals surface area (Å²) in [5.41, 5.74) is 5.58. The van der Waals surface area contributed by atoms with Gasteiger partial charge in [0.1, 0.15) is 6.10 Å². The summed E-state index contributed by atoms with van der Waals surface area (Å²) < 4.78 is 5.40. The molecule has 0 aromatic heterocycles. The van der Waals surface area contributed by atoms with E-state index < -0.39 is 18.0 Å². The van der Waals surface area contributed by atoms with Crippen LogP contribution in [0.1, 0.15) is 12.8 Å². The van der Waals surface area contributed by atoms with E-state index in [9.17, 15) is 9.59 Å². The number of benzene rings is 1.